The summed E-state index contributed by atoms with van der Waals surface area (Å²) in [5.74, 6) is -0.921. The molecule has 0 saturated heterocycles. The number of halogens is 2. The standard InChI is InChI=1S/C26H22F2N2O2/c1-2-19-4-3-5-23(29-19)25(17-6-7-17)30-13-12-16-8-10-20(15-21(16)26(30)31)32-24-11-9-18(27)14-22(24)28/h2-5,8-11,14-15,17,25H,1,6-7,12-13H2/t25-/m1/s1. The molecule has 0 radical (unpaired) electrons. The molecule has 0 N–H and O–H groups in total. The lowest BCUT2D eigenvalue weighted by molar-refractivity contribution is 0.0627. The number of ether oxygens (including phenoxy) is 1. The molecule has 4 nitrogen and oxygen atoms in total. The number of fused-ring (bicyclic) bond motifs is 1. The molecule has 32 heavy (non-hydrogen) atoms. The first-order valence-electron chi connectivity index (χ1n) is 10.7. The first-order valence-corrected chi connectivity index (χ1v) is 10.7. The second kappa shape index (κ2) is 8.19. The first kappa shape index (κ1) is 20.4. The zero-order chi connectivity index (χ0) is 22.2. The van der Waals surface area contributed by atoms with E-state index in [0.717, 1.165) is 48.3 Å². The van der Waals surface area contributed by atoms with Gasteiger partial charge >= 0.3 is 0 Å². The van der Waals surface area contributed by atoms with Gasteiger partial charge < -0.3 is 9.64 Å². The molecule has 1 aromatic heterocycles. The number of carbonyl (C=O) groups is 1. The number of pyridine rings is 1. The van der Waals surface area contributed by atoms with E-state index in [4.69, 9.17) is 9.72 Å². The van der Waals surface area contributed by atoms with Crippen LogP contribution in [0.1, 0.15) is 46.2 Å². The zero-order valence-electron chi connectivity index (χ0n) is 17.4. The summed E-state index contributed by atoms with van der Waals surface area (Å²) in [4.78, 5) is 20.1. The van der Waals surface area contributed by atoms with E-state index < -0.39 is 11.6 Å². The molecule has 1 aliphatic carbocycles. The number of rotatable bonds is 6. The summed E-state index contributed by atoms with van der Waals surface area (Å²) in [6.07, 6.45) is 4.55. The summed E-state index contributed by atoms with van der Waals surface area (Å²) >= 11 is 0. The van der Waals surface area contributed by atoms with Gasteiger partial charge in [0.1, 0.15) is 11.6 Å². The highest BCUT2D eigenvalue weighted by Crippen LogP contribution is 2.45. The van der Waals surface area contributed by atoms with Crippen LogP contribution in [0.3, 0.4) is 0 Å². The van der Waals surface area contributed by atoms with Gasteiger partial charge in [0.15, 0.2) is 11.6 Å². The summed E-state index contributed by atoms with van der Waals surface area (Å²) in [6.45, 7) is 4.41. The largest absolute Gasteiger partial charge is 0.454 e. The highest BCUT2D eigenvalue weighted by atomic mass is 19.1. The van der Waals surface area contributed by atoms with Crippen molar-refractivity contribution in [3.8, 4) is 11.5 Å². The maximum atomic E-state index is 14.0. The van der Waals surface area contributed by atoms with Crippen LogP contribution in [0.4, 0.5) is 8.78 Å². The van der Waals surface area contributed by atoms with Crippen molar-refractivity contribution in [2.75, 3.05) is 6.54 Å². The molecule has 1 aliphatic heterocycles. The fourth-order valence-corrected chi connectivity index (χ4v) is 4.30. The molecule has 0 spiro atoms. The summed E-state index contributed by atoms with van der Waals surface area (Å²) in [7, 11) is 0. The quantitative estimate of drug-likeness (QED) is 0.484. The normalized spacial score (nSPS) is 16.4. The number of nitrogens with zero attached hydrogens (tertiary/aromatic N) is 2. The Labute approximate surface area is 185 Å². The van der Waals surface area contributed by atoms with Gasteiger partial charge in [0.2, 0.25) is 0 Å². The third kappa shape index (κ3) is 3.88. The number of hydrogen-bond acceptors (Lipinski definition) is 3. The average Bonchev–Trinajstić information content (AvgIpc) is 3.63. The zero-order valence-corrected chi connectivity index (χ0v) is 17.4. The third-order valence-electron chi connectivity index (χ3n) is 6.03. The molecule has 162 valence electrons. The van der Waals surface area contributed by atoms with Gasteiger partial charge in [-0.15, -0.1) is 0 Å². The molecule has 2 heterocycles. The Balaban J connectivity index is 1.45. The van der Waals surface area contributed by atoms with Gasteiger partial charge in [-0.2, -0.15) is 0 Å². The van der Waals surface area contributed by atoms with Gasteiger partial charge in [-0.1, -0.05) is 18.7 Å². The third-order valence-corrected chi connectivity index (χ3v) is 6.03. The predicted octanol–water partition coefficient (Wildman–Crippen LogP) is 5.94. The predicted molar refractivity (Wildman–Crippen MR) is 117 cm³/mol. The van der Waals surface area contributed by atoms with Crippen molar-refractivity contribution in [2.45, 2.75) is 25.3 Å². The fraction of sp³-hybridized carbons (Fsp3) is 0.231. The SMILES string of the molecule is C=Cc1cccc([C@@H](C2CC2)N2CCc3ccc(Oc4ccc(F)cc4F)cc3C2=O)n1. The summed E-state index contributed by atoms with van der Waals surface area (Å²) < 4.78 is 32.8. The smallest absolute Gasteiger partial charge is 0.254 e. The minimum Gasteiger partial charge on any atom is -0.454 e. The number of benzene rings is 2. The summed E-state index contributed by atoms with van der Waals surface area (Å²) in [5.41, 5.74) is 3.14. The van der Waals surface area contributed by atoms with Crippen molar-refractivity contribution in [2.24, 2.45) is 5.92 Å². The number of carbonyl (C=O) groups excluding carboxylic acids is 1. The van der Waals surface area contributed by atoms with E-state index >= 15 is 0 Å². The van der Waals surface area contributed by atoms with Crippen LogP contribution in [0, 0.1) is 17.6 Å². The Morgan fingerprint density at radius 2 is 1.97 bits per heavy atom. The highest BCUT2D eigenvalue weighted by Gasteiger charge is 2.41. The van der Waals surface area contributed by atoms with Crippen LogP contribution >= 0.6 is 0 Å². The van der Waals surface area contributed by atoms with E-state index in [0.29, 0.717) is 23.8 Å². The van der Waals surface area contributed by atoms with Crippen LogP contribution < -0.4 is 4.74 Å². The maximum Gasteiger partial charge on any atom is 0.254 e. The molecule has 2 aromatic carbocycles. The van der Waals surface area contributed by atoms with Crippen molar-refractivity contribution in [1.29, 1.82) is 0 Å². The van der Waals surface area contributed by atoms with Crippen LogP contribution in [0.15, 0.2) is 61.2 Å². The van der Waals surface area contributed by atoms with Crippen molar-refractivity contribution < 1.29 is 18.3 Å². The van der Waals surface area contributed by atoms with Crippen LogP contribution in [0.2, 0.25) is 0 Å². The molecule has 1 atom stereocenters. The summed E-state index contributed by atoms with van der Waals surface area (Å²) in [5, 5.41) is 0. The van der Waals surface area contributed by atoms with Gasteiger partial charge in [-0.25, -0.2) is 8.78 Å². The Kier molecular flexibility index (Phi) is 5.21. The van der Waals surface area contributed by atoms with Crippen molar-refractivity contribution in [3.63, 3.8) is 0 Å². The molecule has 1 amide bonds. The number of hydrogen-bond donors (Lipinski definition) is 0. The van der Waals surface area contributed by atoms with Crippen molar-refractivity contribution >= 4 is 12.0 Å². The first-order chi connectivity index (χ1) is 15.5. The minimum absolute atomic E-state index is 0.0843. The lowest BCUT2D eigenvalue weighted by Gasteiger charge is -2.35. The van der Waals surface area contributed by atoms with Gasteiger partial charge in [-0.05, 0) is 73.2 Å². The van der Waals surface area contributed by atoms with E-state index in [2.05, 4.69) is 6.58 Å². The topological polar surface area (TPSA) is 42.4 Å². The molecule has 0 bridgehead atoms. The molecule has 1 fully saturated rings. The summed E-state index contributed by atoms with van der Waals surface area (Å²) in [6, 6.07) is 14.0. The Hall–Kier alpha value is -3.54. The highest BCUT2D eigenvalue weighted by molar-refractivity contribution is 5.97. The molecule has 6 heteroatoms. The van der Waals surface area contributed by atoms with Gasteiger partial charge in [0.05, 0.1) is 17.4 Å². The van der Waals surface area contributed by atoms with Gasteiger partial charge in [0.25, 0.3) is 5.91 Å². The monoisotopic (exact) mass is 432 g/mol. The molecular weight excluding hydrogens is 410 g/mol. The van der Waals surface area contributed by atoms with Crippen LogP contribution in [0.5, 0.6) is 11.5 Å². The second-order valence-corrected chi connectivity index (χ2v) is 8.22. The lowest BCUT2D eigenvalue weighted by atomic mass is 9.95. The number of aromatic nitrogens is 1. The van der Waals surface area contributed by atoms with E-state index in [1.165, 1.54) is 6.07 Å². The van der Waals surface area contributed by atoms with Crippen LogP contribution in [-0.4, -0.2) is 22.3 Å². The van der Waals surface area contributed by atoms with Gasteiger partial charge in [0, 0.05) is 18.2 Å². The van der Waals surface area contributed by atoms with E-state index in [-0.39, 0.29) is 17.7 Å². The molecule has 1 saturated carbocycles. The van der Waals surface area contributed by atoms with Gasteiger partial charge in [-0.3, -0.25) is 9.78 Å². The average molecular weight is 432 g/mol. The fourth-order valence-electron chi connectivity index (χ4n) is 4.30. The van der Waals surface area contributed by atoms with Crippen molar-refractivity contribution in [1.82, 2.24) is 9.88 Å². The molecular formula is C26H22F2N2O2. The lowest BCUT2D eigenvalue weighted by Crippen LogP contribution is -2.41. The van der Waals surface area contributed by atoms with Crippen LogP contribution in [-0.2, 0) is 6.42 Å². The van der Waals surface area contributed by atoms with Crippen molar-refractivity contribution in [3.05, 3.63) is 95.3 Å². The molecule has 3 aromatic rings. The van der Waals surface area contributed by atoms with E-state index in [9.17, 15) is 13.6 Å². The second-order valence-electron chi connectivity index (χ2n) is 8.22. The Morgan fingerprint density at radius 1 is 1.12 bits per heavy atom. The molecule has 0 unspecified atom stereocenters. The molecule has 5 rings (SSSR count). The maximum absolute atomic E-state index is 14.0. The number of amides is 1. The molecule has 2 aliphatic rings. The van der Waals surface area contributed by atoms with E-state index in [1.54, 1.807) is 18.2 Å². The Morgan fingerprint density at radius 3 is 2.72 bits per heavy atom. The van der Waals surface area contributed by atoms with Crippen LogP contribution in [0.25, 0.3) is 6.08 Å². The Bertz CT molecular complexity index is 1210. The minimum atomic E-state index is -0.794. The van der Waals surface area contributed by atoms with E-state index in [1.807, 2.05) is 29.2 Å².